The predicted octanol–water partition coefficient (Wildman–Crippen LogP) is 3.20. The Balaban J connectivity index is 1.94. The fourth-order valence-electron chi connectivity index (χ4n) is 2.19. The minimum atomic E-state index is -0.523. The molecule has 0 aliphatic heterocycles. The van der Waals surface area contributed by atoms with E-state index in [4.69, 9.17) is 0 Å². The summed E-state index contributed by atoms with van der Waals surface area (Å²) in [5, 5.41) is 2.42. The van der Waals surface area contributed by atoms with Crippen LogP contribution in [0, 0.1) is 5.82 Å². The minimum absolute atomic E-state index is 0.0800. The predicted molar refractivity (Wildman–Crippen MR) is 87.2 cm³/mol. The minimum Gasteiger partial charge on any atom is -0.338 e. The molecule has 2 aromatic carbocycles. The summed E-state index contributed by atoms with van der Waals surface area (Å²) in [4.78, 5) is 25.8. The van der Waals surface area contributed by atoms with Gasteiger partial charge in [-0.2, -0.15) is 0 Å². The third-order valence-corrected chi connectivity index (χ3v) is 3.41. The van der Waals surface area contributed by atoms with Crippen LogP contribution in [0.25, 0.3) is 0 Å². The average Bonchev–Trinajstić information content (AvgIpc) is 2.55. The maximum Gasteiger partial charge on any atom is 0.233 e. The molecule has 0 aliphatic rings. The van der Waals surface area contributed by atoms with Gasteiger partial charge in [0.25, 0.3) is 0 Å². The van der Waals surface area contributed by atoms with Gasteiger partial charge in [-0.05, 0) is 24.6 Å². The first kappa shape index (κ1) is 16.7. The van der Waals surface area contributed by atoms with Gasteiger partial charge in [0, 0.05) is 13.1 Å². The lowest BCUT2D eigenvalue weighted by Gasteiger charge is -2.20. The van der Waals surface area contributed by atoms with Crippen LogP contribution >= 0.6 is 0 Å². The monoisotopic (exact) mass is 314 g/mol. The van der Waals surface area contributed by atoms with Crippen molar-refractivity contribution in [2.45, 2.75) is 19.9 Å². The maximum absolute atomic E-state index is 13.5. The first-order chi connectivity index (χ1) is 11.1. The number of para-hydroxylation sites is 1. The molecule has 0 aromatic heterocycles. The Morgan fingerprint density at radius 2 is 1.70 bits per heavy atom. The van der Waals surface area contributed by atoms with Crippen LogP contribution in [-0.4, -0.2) is 23.3 Å². The van der Waals surface area contributed by atoms with Crippen LogP contribution in [0.15, 0.2) is 54.6 Å². The van der Waals surface area contributed by atoms with Gasteiger partial charge >= 0.3 is 0 Å². The molecule has 0 saturated carbocycles. The molecule has 23 heavy (non-hydrogen) atoms. The zero-order chi connectivity index (χ0) is 16.7. The number of carbonyl (C=O) groups excluding carboxylic acids is 2. The number of carbonyl (C=O) groups is 2. The van der Waals surface area contributed by atoms with Crippen molar-refractivity contribution in [2.24, 2.45) is 0 Å². The number of amides is 2. The molecule has 0 aliphatic carbocycles. The highest BCUT2D eigenvalue weighted by atomic mass is 19.1. The Kier molecular flexibility index (Phi) is 5.86. The smallest absolute Gasteiger partial charge is 0.233 e. The first-order valence-corrected chi connectivity index (χ1v) is 7.46. The van der Waals surface area contributed by atoms with E-state index in [1.165, 1.54) is 18.2 Å². The van der Waals surface area contributed by atoms with Crippen molar-refractivity contribution in [3.63, 3.8) is 0 Å². The molecule has 0 spiro atoms. The van der Waals surface area contributed by atoms with Gasteiger partial charge in [-0.3, -0.25) is 9.59 Å². The fraction of sp³-hybridized carbons (Fsp3) is 0.222. The molecule has 0 bridgehead atoms. The van der Waals surface area contributed by atoms with Crippen LogP contribution in [0.4, 0.5) is 10.1 Å². The summed E-state index contributed by atoms with van der Waals surface area (Å²) in [6.07, 6.45) is -0.311. The maximum atomic E-state index is 13.5. The molecule has 2 rings (SSSR count). The number of rotatable bonds is 6. The zero-order valence-electron chi connectivity index (χ0n) is 13.0. The van der Waals surface area contributed by atoms with E-state index in [0.717, 1.165) is 5.56 Å². The van der Waals surface area contributed by atoms with E-state index < -0.39 is 11.7 Å². The lowest BCUT2D eigenvalue weighted by molar-refractivity contribution is -0.134. The molecule has 0 heterocycles. The summed E-state index contributed by atoms with van der Waals surface area (Å²) in [6, 6.07) is 15.4. The van der Waals surface area contributed by atoms with Crippen molar-refractivity contribution in [3.05, 3.63) is 66.0 Å². The third-order valence-electron chi connectivity index (χ3n) is 3.41. The topological polar surface area (TPSA) is 49.4 Å². The summed E-state index contributed by atoms with van der Waals surface area (Å²) in [5.74, 6) is -1.33. The van der Waals surface area contributed by atoms with Crippen LogP contribution in [0.5, 0.6) is 0 Å². The van der Waals surface area contributed by atoms with Crippen LogP contribution in [0.3, 0.4) is 0 Å². The summed E-state index contributed by atoms with van der Waals surface area (Å²) < 4.78 is 13.5. The average molecular weight is 314 g/mol. The van der Waals surface area contributed by atoms with E-state index in [-0.39, 0.29) is 18.0 Å². The second-order valence-electron chi connectivity index (χ2n) is 5.10. The first-order valence-electron chi connectivity index (χ1n) is 7.46. The molecule has 0 saturated heterocycles. The van der Waals surface area contributed by atoms with E-state index in [0.29, 0.717) is 13.1 Å². The van der Waals surface area contributed by atoms with E-state index in [9.17, 15) is 14.0 Å². The number of anilines is 1. The number of hydrogen-bond donors (Lipinski definition) is 1. The molecule has 1 N–H and O–H groups in total. The summed E-state index contributed by atoms with van der Waals surface area (Å²) in [7, 11) is 0. The lowest BCUT2D eigenvalue weighted by Crippen LogP contribution is -2.33. The van der Waals surface area contributed by atoms with Crippen molar-refractivity contribution in [1.82, 2.24) is 4.90 Å². The number of nitrogens with one attached hydrogen (secondary N) is 1. The fourth-order valence-corrected chi connectivity index (χ4v) is 2.19. The summed E-state index contributed by atoms with van der Waals surface area (Å²) in [5.41, 5.74) is 1.08. The second kappa shape index (κ2) is 8.08. The van der Waals surface area contributed by atoms with Gasteiger partial charge in [-0.1, -0.05) is 42.5 Å². The van der Waals surface area contributed by atoms with Crippen LogP contribution in [0.2, 0.25) is 0 Å². The van der Waals surface area contributed by atoms with E-state index in [1.54, 1.807) is 11.0 Å². The molecule has 2 aromatic rings. The van der Waals surface area contributed by atoms with Gasteiger partial charge in [-0.15, -0.1) is 0 Å². The highest BCUT2D eigenvalue weighted by molar-refractivity contribution is 6.03. The molecular formula is C18H19FN2O2. The van der Waals surface area contributed by atoms with Crippen LogP contribution in [0.1, 0.15) is 18.9 Å². The normalized spacial score (nSPS) is 10.2. The van der Waals surface area contributed by atoms with E-state index in [2.05, 4.69) is 5.32 Å². The van der Waals surface area contributed by atoms with Crippen molar-refractivity contribution < 1.29 is 14.0 Å². The van der Waals surface area contributed by atoms with Gasteiger partial charge < -0.3 is 10.2 Å². The number of halogens is 1. The summed E-state index contributed by atoms with van der Waals surface area (Å²) in [6.45, 7) is 2.81. The van der Waals surface area contributed by atoms with Crippen LogP contribution in [-0.2, 0) is 16.1 Å². The zero-order valence-corrected chi connectivity index (χ0v) is 13.0. The molecule has 0 fully saturated rings. The van der Waals surface area contributed by atoms with Gasteiger partial charge in [0.2, 0.25) is 11.8 Å². The number of benzene rings is 2. The summed E-state index contributed by atoms with van der Waals surface area (Å²) >= 11 is 0. The van der Waals surface area contributed by atoms with Crippen molar-refractivity contribution in [3.8, 4) is 0 Å². The van der Waals surface area contributed by atoms with Gasteiger partial charge in [0.05, 0.1) is 5.69 Å². The molecule has 0 unspecified atom stereocenters. The highest BCUT2D eigenvalue weighted by Crippen LogP contribution is 2.13. The van der Waals surface area contributed by atoms with Crippen molar-refractivity contribution in [1.29, 1.82) is 0 Å². The Bertz CT molecular complexity index is 674. The van der Waals surface area contributed by atoms with Gasteiger partial charge in [0.1, 0.15) is 12.2 Å². The molecule has 120 valence electrons. The van der Waals surface area contributed by atoms with Gasteiger partial charge in [0.15, 0.2) is 0 Å². The Hall–Kier alpha value is -2.69. The molecular weight excluding hydrogens is 295 g/mol. The molecule has 0 atom stereocenters. The van der Waals surface area contributed by atoms with E-state index in [1.807, 2.05) is 37.3 Å². The van der Waals surface area contributed by atoms with E-state index >= 15 is 0 Å². The Labute approximate surface area is 134 Å². The molecule has 2 amide bonds. The molecule has 4 nitrogen and oxygen atoms in total. The second-order valence-corrected chi connectivity index (χ2v) is 5.10. The van der Waals surface area contributed by atoms with Crippen molar-refractivity contribution >= 4 is 17.5 Å². The van der Waals surface area contributed by atoms with Gasteiger partial charge in [-0.25, -0.2) is 4.39 Å². The highest BCUT2D eigenvalue weighted by Gasteiger charge is 2.17. The lowest BCUT2D eigenvalue weighted by atomic mass is 10.2. The molecule has 5 heteroatoms. The number of hydrogen-bond acceptors (Lipinski definition) is 2. The van der Waals surface area contributed by atoms with Crippen LogP contribution < -0.4 is 5.32 Å². The Morgan fingerprint density at radius 3 is 2.35 bits per heavy atom. The quantitative estimate of drug-likeness (QED) is 0.832. The van der Waals surface area contributed by atoms with Crippen molar-refractivity contribution in [2.75, 3.05) is 11.9 Å². The largest absolute Gasteiger partial charge is 0.338 e. The standard InChI is InChI=1S/C18H19FN2O2/c1-2-21(13-14-8-4-3-5-9-14)18(23)12-17(22)20-16-11-7-6-10-15(16)19/h3-11H,2,12-13H2,1H3,(H,20,22). The SMILES string of the molecule is CCN(Cc1ccccc1)C(=O)CC(=O)Nc1ccccc1F. The molecule has 0 radical (unpaired) electrons. The number of nitrogens with zero attached hydrogens (tertiary/aromatic N) is 1. The third kappa shape index (κ3) is 4.92. The Morgan fingerprint density at radius 1 is 1.04 bits per heavy atom.